The molecule has 1 aromatic heterocycles. The second-order valence-electron chi connectivity index (χ2n) is 5.90. The average molecular weight is 532 g/mol. The first-order valence-electron chi connectivity index (χ1n) is 8.39. The molecule has 1 aliphatic heterocycles. The van der Waals surface area contributed by atoms with Gasteiger partial charge in [-0.25, -0.2) is 13.7 Å². The van der Waals surface area contributed by atoms with Gasteiger partial charge in [0.1, 0.15) is 22.4 Å². The van der Waals surface area contributed by atoms with Crippen molar-refractivity contribution in [3.8, 4) is 0 Å². The van der Waals surface area contributed by atoms with Gasteiger partial charge in [-0.1, -0.05) is 12.2 Å². The Labute approximate surface area is 181 Å². The minimum Gasteiger partial charge on any atom is -0.387 e. The normalized spacial score (nSPS) is 32.7. The Morgan fingerprint density at radius 2 is 1.87 bits per heavy atom. The van der Waals surface area contributed by atoms with Crippen LogP contribution in [0.15, 0.2) is 12.3 Å². The lowest BCUT2D eigenvalue weighted by Crippen LogP contribution is -2.44. The van der Waals surface area contributed by atoms with E-state index in [1.54, 1.807) is 0 Å². The molecule has 20 heteroatoms. The number of aromatic nitrogens is 2. The van der Waals surface area contributed by atoms with E-state index in [9.17, 15) is 28.8 Å². The van der Waals surface area contributed by atoms with Crippen molar-refractivity contribution in [2.24, 2.45) is 0 Å². The summed E-state index contributed by atoms with van der Waals surface area (Å²) in [5.74, 6) is 0. The zero-order valence-corrected chi connectivity index (χ0v) is 18.8. The summed E-state index contributed by atoms with van der Waals surface area (Å²) in [5.41, 5.74) is -2.26. The van der Waals surface area contributed by atoms with Crippen LogP contribution < -0.4 is 0 Å². The second kappa shape index (κ2) is 8.98. The number of hydrogen-bond acceptors (Lipinski definition) is 11. The van der Waals surface area contributed by atoms with Crippen LogP contribution in [0.4, 0.5) is 0 Å². The number of hydrogen-bond donors (Lipinski definition) is 7. The first kappa shape index (κ1) is 23.0. The van der Waals surface area contributed by atoms with Crippen molar-refractivity contribution >= 4 is 47.9 Å². The molecule has 172 valence electrons. The summed E-state index contributed by atoms with van der Waals surface area (Å²) in [5, 5.41) is 21.1. The summed E-state index contributed by atoms with van der Waals surface area (Å²) in [4.78, 5) is 38.3. The minimum atomic E-state index is -5.93. The molecular formula is C10H17N2O13P3S2. The van der Waals surface area contributed by atoms with Crippen molar-refractivity contribution in [3.05, 3.63) is 21.7 Å². The minimum absolute atomic E-state index is 0.0935. The largest absolute Gasteiger partial charge is 0.490 e. The van der Waals surface area contributed by atoms with E-state index in [4.69, 9.17) is 46.6 Å². The Morgan fingerprint density at radius 3 is 2.40 bits per heavy atom. The maximum absolute atomic E-state index is 12.0. The molecule has 1 fully saturated rings. The SMILES string of the molecule is [2H]C([2H])(OP(=O)(O)OP(=O)(O)OP(=O)(O)O)[C@H]1O[C@@H](n2ccc(=S)[nH]c2=S)C(C)(O)[C@H]1O. The topological polar surface area (TPSA) is 230 Å². The lowest BCUT2D eigenvalue weighted by Gasteiger charge is -2.28. The van der Waals surface area contributed by atoms with Gasteiger partial charge < -0.3 is 39.5 Å². The van der Waals surface area contributed by atoms with E-state index in [1.807, 2.05) is 0 Å². The number of nitrogens with one attached hydrogen (secondary N) is 1. The molecule has 0 radical (unpaired) electrons. The molecule has 0 amide bonds. The molecular weight excluding hydrogens is 513 g/mol. The smallest absolute Gasteiger partial charge is 0.387 e. The maximum atomic E-state index is 12.0. The number of phosphoric ester groups is 1. The van der Waals surface area contributed by atoms with Gasteiger partial charge in [-0.2, -0.15) is 8.62 Å². The molecule has 0 aliphatic carbocycles. The highest BCUT2D eigenvalue weighted by molar-refractivity contribution is 7.72. The number of ether oxygens (including phenoxy) is 1. The zero-order valence-electron chi connectivity index (χ0n) is 16.5. The Kier molecular flexibility index (Phi) is 6.88. The molecule has 1 aromatic rings. The van der Waals surface area contributed by atoms with E-state index < -0.39 is 54.1 Å². The van der Waals surface area contributed by atoms with E-state index in [0.29, 0.717) is 0 Å². The highest BCUT2D eigenvalue weighted by Crippen LogP contribution is 2.66. The van der Waals surface area contributed by atoms with Crippen LogP contribution in [0.3, 0.4) is 0 Å². The van der Waals surface area contributed by atoms with Crippen LogP contribution >= 0.6 is 47.9 Å². The number of aromatic amines is 1. The highest BCUT2D eigenvalue weighted by Gasteiger charge is 2.54. The summed E-state index contributed by atoms with van der Waals surface area (Å²) in [6.45, 7) is -2.46. The van der Waals surface area contributed by atoms with E-state index in [1.165, 1.54) is 12.3 Å². The molecule has 1 aliphatic rings. The van der Waals surface area contributed by atoms with Crippen molar-refractivity contribution in [1.29, 1.82) is 0 Å². The van der Waals surface area contributed by atoms with Gasteiger partial charge in [0.2, 0.25) is 0 Å². The highest BCUT2D eigenvalue weighted by atomic mass is 32.1. The Hall–Kier alpha value is -0.190. The first-order valence-corrected chi connectivity index (χ1v) is 12.7. The molecule has 0 aromatic carbocycles. The third kappa shape index (κ3) is 6.65. The third-order valence-corrected chi connectivity index (χ3v) is 7.68. The number of rotatable bonds is 8. The number of phosphoric acid groups is 3. The molecule has 1 saturated heterocycles. The monoisotopic (exact) mass is 532 g/mol. The van der Waals surface area contributed by atoms with Gasteiger partial charge >= 0.3 is 23.5 Å². The van der Waals surface area contributed by atoms with Crippen molar-refractivity contribution in [1.82, 2.24) is 9.55 Å². The summed E-state index contributed by atoms with van der Waals surface area (Å²) in [6.07, 6.45) is -4.65. The van der Waals surface area contributed by atoms with Crippen molar-refractivity contribution in [2.75, 3.05) is 6.56 Å². The molecule has 15 nitrogen and oxygen atoms in total. The first-order chi connectivity index (χ1) is 14.2. The summed E-state index contributed by atoms with van der Waals surface area (Å²) >= 11 is 9.93. The van der Waals surface area contributed by atoms with Crippen molar-refractivity contribution < 1.29 is 64.1 Å². The van der Waals surface area contributed by atoms with E-state index in [0.717, 1.165) is 11.5 Å². The van der Waals surface area contributed by atoms with Gasteiger partial charge in [0.25, 0.3) is 0 Å². The Morgan fingerprint density at radius 1 is 1.27 bits per heavy atom. The Balaban J connectivity index is 2.30. The molecule has 2 heterocycles. The Bertz CT molecular complexity index is 1140. The molecule has 0 spiro atoms. The van der Waals surface area contributed by atoms with Crippen molar-refractivity contribution in [3.63, 3.8) is 0 Å². The number of H-pyrrole nitrogens is 1. The predicted octanol–water partition coefficient (Wildman–Crippen LogP) is 0.628. The lowest BCUT2D eigenvalue weighted by molar-refractivity contribution is -0.0977. The van der Waals surface area contributed by atoms with Crippen LogP contribution in [0.1, 0.15) is 15.9 Å². The fourth-order valence-electron chi connectivity index (χ4n) is 2.27. The average Bonchev–Trinajstić information content (AvgIpc) is 2.74. The van der Waals surface area contributed by atoms with Gasteiger partial charge in [0.05, 0.1) is 9.30 Å². The molecule has 7 N–H and O–H groups in total. The molecule has 3 unspecified atom stereocenters. The van der Waals surface area contributed by atoms with Gasteiger partial charge in [0.15, 0.2) is 11.0 Å². The van der Waals surface area contributed by atoms with Gasteiger partial charge in [-0.05, 0) is 25.2 Å². The molecule has 0 saturated carbocycles. The molecule has 30 heavy (non-hydrogen) atoms. The van der Waals surface area contributed by atoms with Crippen LogP contribution in [-0.4, -0.2) is 63.7 Å². The van der Waals surface area contributed by atoms with Gasteiger partial charge in [-0.15, -0.1) is 0 Å². The number of nitrogens with zero attached hydrogens (tertiary/aromatic N) is 1. The van der Waals surface area contributed by atoms with E-state index in [2.05, 4.69) is 18.1 Å². The molecule has 6 atom stereocenters. The zero-order chi connectivity index (χ0) is 24.9. The van der Waals surface area contributed by atoms with Crippen LogP contribution in [0.2, 0.25) is 0 Å². The fourth-order valence-corrected chi connectivity index (χ4v) is 5.64. The summed E-state index contributed by atoms with van der Waals surface area (Å²) in [7, 11) is -17.5. The summed E-state index contributed by atoms with van der Waals surface area (Å²) < 4.78 is 67.3. The number of aliphatic hydroxyl groups is 2. The van der Waals surface area contributed by atoms with Crippen LogP contribution in [0.5, 0.6) is 0 Å². The summed E-state index contributed by atoms with van der Waals surface area (Å²) in [6, 6.07) is 1.34. The molecule has 2 rings (SSSR count). The van der Waals surface area contributed by atoms with Crippen molar-refractivity contribution in [2.45, 2.75) is 31.0 Å². The standard InChI is InChI=1S/C10H17N2O13P3S2/c1-10(14)7(13)5(23-8(10)12-3-2-6(29)11-9(12)30)4-22-27(18,19)25-28(20,21)24-26(15,16)17/h2-3,5,7-8,13-14H,4H2,1H3,(H,18,19)(H,20,21)(H,11,29,30)(H2,15,16,17)/t5-,7+,8-,10?/m1/s1/i4D2. The maximum Gasteiger partial charge on any atom is 0.490 e. The lowest BCUT2D eigenvalue weighted by atomic mass is 9.96. The third-order valence-electron chi connectivity index (χ3n) is 3.46. The van der Waals surface area contributed by atoms with Crippen LogP contribution in [0, 0.1) is 9.41 Å². The second-order valence-corrected chi connectivity index (χ2v) is 11.1. The van der Waals surface area contributed by atoms with E-state index >= 15 is 0 Å². The van der Waals surface area contributed by atoms with Gasteiger partial charge in [-0.3, -0.25) is 9.09 Å². The van der Waals surface area contributed by atoms with Crippen LogP contribution in [0.25, 0.3) is 0 Å². The predicted molar refractivity (Wildman–Crippen MR) is 101 cm³/mol. The van der Waals surface area contributed by atoms with E-state index in [-0.39, 0.29) is 9.41 Å². The molecule has 0 bridgehead atoms. The fraction of sp³-hybridized carbons (Fsp3) is 0.600. The van der Waals surface area contributed by atoms with Crippen LogP contribution in [-0.2, 0) is 31.6 Å². The number of aliphatic hydroxyl groups excluding tert-OH is 1. The van der Waals surface area contributed by atoms with Gasteiger partial charge in [0, 0.05) is 6.20 Å². The quantitative estimate of drug-likeness (QED) is 0.180.